The molecule has 0 fully saturated rings. The Balaban J connectivity index is 2.04. The molecule has 0 aliphatic heterocycles. The predicted molar refractivity (Wildman–Crippen MR) is 100 cm³/mol. The summed E-state index contributed by atoms with van der Waals surface area (Å²) in [5, 5.41) is 3.47. The minimum absolute atomic E-state index is 0.0695. The van der Waals surface area contributed by atoms with Gasteiger partial charge < -0.3 is 14.8 Å². The Morgan fingerprint density at radius 2 is 1.72 bits per heavy atom. The molecule has 136 valence electrons. The van der Waals surface area contributed by atoms with Gasteiger partial charge in [0.05, 0.1) is 17.0 Å². The third-order valence-corrected chi connectivity index (χ3v) is 5.10. The van der Waals surface area contributed by atoms with Crippen LogP contribution in [0, 0.1) is 0 Å². The summed E-state index contributed by atoms with van der Waals surface area (Å²) >= 11 is 6.00. The van der Waals surface area contributed by atoms with Crippen molar-refractivity contribution in [3.8, 4) is 5.75 Å². The van der Waals surface area contributed by atoms with Crippen LogP contribution in [0.5, 0.6) is 5.75 Å². The highest BCUT2D eigenvalue weighted by atomic mass is 35.5. The van der Waals surface area contributed by atoms with Gasteiger partial charge in [0.25, 0.3) is 10.0 Å². The van der Waals surface area contributed by atoms with Gasteiger partial charge in [0, 0.05) is 31.6 Å². The van der Waals surface area contributed by atoms with Crippen molar-refractivity contribution in [2.45, 2.75) is 11.3 Å². The summed E-state index contributed by atoms with van der Waals surface area (Å²) in [5.41, 5.74) is 1.38. The van der Waals surface area contributed by atoms with Crippen molar-refractivity contribution in [2.24, 2.45) is 0 Å². The van der Waals surface area contributed by atoms with E-state index in [0.717, 1.165) is 18.7 Å². The molecule has 25 heavy (non-hydrogen) atoms. The Morgan fingerprint density at radius 1 is 1.04 bits per heavy atom. The fourth-order valence-electron chi connectivity index (χ4n) is 2.13. The van der Waals surface area contributed by atoms with Gasteiger partial charge in [0.15, 0.2) is 0 Å². The van der Waals surface area contributed by atoms with E-state index in [9.17, 15) is 8.42 Å². The summed E-state index contributed by atoms with van der Waals surface area (Å²) < 4.78 is 37.4. The van der Waals surface area contributed by atoms with E-state index < -0.39 is 10.0 Å². The van der Waals surface area contributed by atoms with E-state index >= 15 is 0 Å². The summed E-state index contributed by atoms with van der Waals surface area (Å²) in [6, 6.07) is 11.3. The lowest BCUT2D eigenvalue weighted by Crippen LogP contribution is -2.13. The summed E-state index contributed by atoms with van der Waals surface area (Å²) in [4.78, 5) is 0.0695. The molecule has 0 spiro atoms. The smallest absolute Gasteiger partial charge is 0.261 e. The first kappa shape index (κ1) is 19.4. The second kappa shape index (κ2) is 8.94. The van der Waals surface area contributed by atoms with Crippen LogP contribution in [-0.2, 0) is 14.8 Å². The zero-order valence-electron chi connectivity index (χ0n) is 14.1. The largest absolute Gasteiger partial charge is 0.495 e. The van der Waals surface area contributed by atoms with Crippen molar-refractivity contribution >= 4 is 33.0 Å². The molecular weight excluding hydrogens is 364 g/mol. The van der Waals surface area contributed by atoms with Crippen LogP contribution in [-0.4, -0.2) is 35.8 Å². The quantitative estimate of drug-likeness (QED) is 0.646. The number of hydrogen-bond donors (Lipinski definition) is 2. The normalized spacial score (nSPS) is 11.2. The lowest BCUT2D eigenvalue weighted by molar-refractivity contribution is 0.198. The van der Waals surface area contributed by atoms with E-state index in [1.807, 2.05) is 12.1 Å². The van der Waals surface area contributed by atoms with Gasteiger partial charge in [0.2, 0.25) is 0 Å². The Morgan fingerprint density at radius 3 is 2.32 bits per heavy atom. The maximum absolute atomic E-state index is 12.4. The third kappa shape index (κ3) is 5.52. The first-order valence-electron chi connectivity index (χ1n) is 7.65. The van der Waals surface area contributed by atoms with Gasteiger partial charge in [-0.2, -0.15) is 0 Å². The predicted octanol–water partition coefficient (Wildman–Crippen LogP) is 3.60. The fourth-order valence-corrected chi connectivity index (χ4v) is 3.54. The minimum atomic E-state index is -3.72. The van der Waals surface area contributed by atoms with Crippen LogP contribution in [0.15, 0.2) is 47.4 Å². The Kier molecular flexibility index (Phi) is 6.92. The molecule has 8 heteroatoms. The molecule has 2 aromatic rings. The number of halogens is 1. The molecule has 0 heterocycles. The van der Waals surface area contributed by atoms with E-state index in [2.05, 4.69) is 10.0 Å². The number of nitrogens with one attached hydrogen (secondary N) is 2. The average molecular weight is 385 g/mol. The molecule has 0 bridgehead atoms. The van der Waals surface area contributed by atoms with E-state index in [4.69, 9.17) is 21.1 Å². The number of anilines is 2. The highest BCUT2D eigenvalue weighted by Crippen LogP contribution is 2.28. The molecule has 0 saturated heterocycles. The van der Waals surface area contributed by atoms with Crippen LogP contribution in [0.2, 0.25) is 5.02 Å². The van der Waals surface area contributed by atoms with E-state index in [-0.39, 0.29) is 9.92 Å². The molecule has 0 atom stereocenters. The Labute approximate surface area is 153 Å². The van der Waals surface area contributed by atoms with Crippen LogP contribution >= 0.6 is 11.6 Å². The van der Waals surface area contributed by atoms with Gasteiger partial charge in [-0.1, -0.05) is 11.6 Å². The van der Waals surface area contributed by atoms with Crippen LogP contribution in [0.25, 0.3) is 0 Å². The second-order valence-corrected chi connectivity index (χ2v) is 7.34. The highest BCUT2D eigenvalue weighted by molar-refractivity contribution is 7.92. The molecule has 0 aliphatic carbocycles. The number of sulfonamides is 1. The second-order valence-electron chi connectivity index (χ2n) is 5.25. The molecular formula is C17H21ClN2O4S. The molecule has 0 aliphatic rings. The fraction of sp³-hybridized carbons (Fsp3) is 0.294. The SMILES string of the molecule is COCCCNc1ccc(NS(=O)(=O)c2ccc(OC)c(Cl)c2)cc1. The number of hydrogen-bond acceptors (Lipinski definition) is 5. The summed E-state index contributed by atoms with van der Waals surface area (Å²) in [5.74, 6) is 0.421. The summed E-state index contributed by atoms with van der Waals surface area (Å²) in [6.07, 6.45) is 0.892. The first-order valence-corrected chi connectivity index (χ1v) is 9.51. The maximum Gasteiger partial charge on any atom is 0.261 e. The third-order valence-electron chi connectivity index (χ3n) is 3.43. The Hall–Kier alpha value is -1.96. The zero-order chi connectivity index (χ0) is 18.3. The number of rotatable bonds is 9. The van der Waals surface area contributed by atoms with E-state index in [1.54, 1.807) is 19.2 Å². The van der Waals surface area contributed by atoms with Crippen molar-refractivity contribution in [3.63, 3.8) is 0 Å². The van der Waals surface area contributed by atoms with Crippen molar-refractivity contribution in [3.05, 3.63) is 47.5 Å². The van der Waals surface area contributed by atoms with Gasteiger partial charge in [0.1, 0.15) is 5.75 Å². The lowest BCUT2D eigenvalue weighted by Gasteiger charge is -2.11. The van der Waals surface area contributed by atoms with Gasteiger partial charge in [-0.05, 0) is 48.9 Å². The van der Waals surface area contributed by atoms with Crippen molar-refractivity contribution in [1.29, 1.82) is 0 Å². The molecule has 0 saturated carbocycles. The van der Waals surface area contributed by atoms with E-state index in [0.29, 0.717) is 18.0 Å². The van der Waals surface area contributed by atoms with Crippen molar-refractivity contribution in [1.82, 2.24) is 0 Å². The van der Waals surface area contributed by atoms with Crippen LogP contribution in [0.4, 0.5) is 11.4 Å². The van der Waals surface area contributed by atoms with Crippen molar-refractivity contribution < 1.29 is 17.9 Å². The lowest BCUT2D eigenvalue weighted by atomic mass is 10.3. The number of methoxy groups -OCH3 is 2. The molecule has 2 aromatic carbocycles. The van der Waals surface area contributed by atoms with Gasteiger partial charge in [-0.3, -0.25) is 4.72 Å². The average Bonchev–Trinajstić information content (AvgIpc) is 2.60. The van der Waals surface area contributed by atoms with Crippen LogP contribution in [0.1, 0.15) is 6.42 Å². The molecule has 2 rings (SSSR count). The minimum Gasteiger partial charge on any atom is -0.495 e. The molecule has 0 radical (unpaired) electrons. The van der Waals surface area contributed by atoms with Gasteiger partial charge in [-0.15, -0.1) is 0 Å². The summed E-state index contributed by atoms with van der Waals surface area (Å²) in [6.45, 7) is 1.47. The Bertz CT molecular complexity index is 795. The molecule has 2 N–H and O–H groups in total. The molecule has 0 aromatic heterocycles. The van der Waals surface area contributed by atoms with Crippen molar-refractivity contribution in [2.75, 3.05) is 37.4 Å². The number of ether oxygens (including phenoxy) is 2. The van der Waals surface area contributed by atoms with Gasteiger partial charge >= 0.3 is 0 Å². The summed E-state index contributed by atoms with van der Waals surface area (Å²) in [7, 11) is -0.591. The monoisotopic (exact) mass is 384 g/mol. The maximum atomic E-state index is 12.4. The standard InChI is InChI=1S/C17H21ClN2O4S/c1-23-11-3-10-19-13-4-6-14(7-5-13)20-25(21,22)15-8-9-17(24-2)16(18)12-15/h4-9,12,19-20H,3,10-11H2,1-2H3. The van der Waals surface area contributed by atoms with E-state index in [1.165, 1.54) is 25.3 Å². The van der Waals surface area contributed by atoms with Crippen LogP contribution in [0.3, 0.4) is 0 Å². The number of benzene rings is 2. The van der Waals surface area contributed by atoms with Crippen LogP contribution < -0.4 is 14.8 Å². The zero-order valence-corrected chi connectivity index (χ0v) is 15.7. The van der Waals surface area contributed by atoms with Gasteiger partial charge in [-0.25, -0.2) is 8.42 Å². The topological polar surface area (TPSA) is 76.7 Å². The molecule has 6 nitrogen and oxygen atoms in total. The highest BCUT2D eigenvalue weighted by Gasteiger charge is 2.16. The molecule has 0 unspecified atom stereocenters. The first-order chi connectivity index (χ1) is 12.0. The molecule has 0 amide bonds.